The van der Waals surface area contributed by atoms with Crippen molar-refractivity contribution in [2.45, 2.75) is 44.6 Å². The number of rotatable bonds is 4. The molecule has 2 unspecified atom stereocenters. The topological polar surface area (TPSA) is 54.1 Å². The van der Waals surface area contributed by atoms with Crippen molar-refractivity contribution in [2.24, 2.45) is 10.7 Å². The summed E-state index contributed by atoms with van der Waals surface area (Å²) >= 11 is 0. The lowest BCUT2D eigenvalue weighted by molar-refractivity contribution is 0.376. The molecule has 2 aliphatic heterocycles. The fourth-order valence-corrected chi connectivity index (χ4v) is 2.83. The van der Waals surface area contributed by atoms with Crippen LogP contribution in [0.25, 0.3) is 0 Å². The van der Waals surface area contributed by atoms with Crippen LogP contribution in [0.4, 0.5) is 14.5 Å². The van der Waals surface area contributed by atoms with Crippen LogP contribution in [0.15, 0.2) is 23.2 Å². The molecule has 0 aliphatic carbocycles. The molecule has 1 aromatic rings. The van der Waals surface area contributed by atoms with Crippen LogP contribution in [0.5, 0.6) is 0 Å². The summed E-state index contributed by atoms with van der Waals surface area (Å²) in [6.45, 7) is 4.47. The minimum atomic E-state index is -0.575. The van der Waals surface area contributed by atoms with Gasteiger partial charge in [-0.3, -0.25) is 4.99 Å². The number of epoxide rings is 1. The number of halogens is 2. The molecule has 0 spiro atoms. The molecule has 0 amide bonds. The van der Waals surface area contributed by atoms with E-state index >= 15 is 0 Å². The van der Waals surface area contributed by atoms with E-state index in [1.165, 1.54) is 12.1 Å². The van der Waals surface area contributed by atoms with E-state index in [9.17, 15) is 8.78 Å². The molecule has 4 nitrogen and oxygen atoms in total. The highest BCUT2D eigenvalue weighted by atomic mass is 19.1. The number of ether oxygens (including phenoxy) is 1. The maximum Gasteiger partial charge on any atom is 0.149 e. The predicted octanol–water partition coefficient (Wildman–Crippen LogP) is 2.08. The lowest BCUT2D eigenvalue weighted by Gasteiger charge is -2.32. The van der Waals surface area contributed by atoms with Gasteiger partial charge in [-0.2, -0.15) is 0 Å². The van der Waals surface area contributed by atoms with Gasteiger partial charge in [0.2, 0.25) is 0 Å². The van der Waals surface area contributed by atoms with Gasteiger partial charge in [-0.15, -0.1) is 0 Å². The lowest BCUT2D eigenvalue weighted by Crippen LogP contribution is -2.41. The molecule has 1 saturated heterocycles. The number of benzene rings is 1. The predicted molar refractivity (Wildman–Crippen MR) is 77.5 cm³/mol. The van der Waals surface area contributed by atoms with Crippen LogP contribution < -0.4 is 10.6 Å². The quantitative estimate of drug-likeness (QED) is 0.865. The summed E-state index contributed by atoms with van der Waals surface area (Å²) in [7, 11) is 0. The summed E-state index contributed by atoms with van der Waals surface area (Å²) in [5.41, 5.74) is 6.22. The van der Waals surface area contributed by atoms with Gasteiger partial charge in [-0.1, -0.05) is 0 Å². The molecule has 6 heteroatoms. The summed E-state index contributed by atoms with van der Waals surface area (Å²) in [6.07, 6.45) is 0.924. The summed E-state index contributed by atoms with van der Waals surface area (Å²) in [5.74, 6) is -0.606. The largest absolute Gasteiger partial charge is 0.385 e. The van der Waals surface area contributed by atoms with Crippen molar-refractivity contribution < 1.29 is 13.5 Å². The van der Waals surface area contributed by atoms with Crippen molar-refractivity contribution in [3.8, 4) is 0 Å². The Morgan fingerprint density at radius 3 is 2.81 bits per heavy atom. The second kappa shape index (κ2) is 5.26. The van der Waals surface area contributed by atoms with Crippen molar-refractivity contribution in [1.82, 2.24) is 0 Å². The number of hydrogen-bond donors (Lipinski definition) is 1. The third kappa shape index (κ3) is 2.85. The Kier molecular flexibility index (Phi) is 3.57. The number of anilines is 1. The number of fused-ring (bicyclic) bond motifs is 1. The van der Waals surface area contributed by atoms with Gasteiger partial charge in [0.15, 0.2) is 0 Å². The number of nitrogens with zero attached hydrogens (tertiary/aromatic N) is 2. The van der Waals surface area contributed by atoms with Crippen LogP contribution in [0.3, 0.4) is 0 Å². The zero-order valence-corrected chi connectivity index (χ0v) is 12.1. The van der Waals surface area contributed by atoms with E-state index in [0.29, 0.717) is 18.1 Å². The Morgan fingerprint density at radius 1 is 1.43 bits per heavy atom. The minimum Gasteiger partial charge on any atom is -0.385 e. The second-order valence-electron chi connectivity index (χ2n) is 5.88. The van der Waals surface area contributed by atoms with E-state index in [2.05, 4.69) is 4.99 Å². The Balaban J connectivity index is 1.80. The Morgan fingerprint density at radius 2 is 2.19 bits per heavy atom. The first kappa shape index (κ1) is 14.3. The molecule has 1 fully saturated rings. The maximum absolute atomic E-state index is 14.0. The van der Waals surface area contributed by atoms with Gasteiger partial charge in [-0.05, 0) is 26.0 Å². The lowest BCUT2D eigenvalue weighted by atomic mass is 10.0. The molecule has 0 aromatic heterocycles. The molecule has 114 valence electrons. The molecule has 2 heterocycles. The standard InChI is InChI=1S/C15H19F2N3O/c1-8(2)20(12-4-3-9(16)5-11(12)17)7-10-6-13-14(21-13)15(18)19-10/h3-5,8,10,13-14H,6-7H2,1-2H3,(H2,18,19)/t10-,13?,14?/m1/s1. The molecule has 0 bridgehead atoms. The zero-order chi connectivity index (χ0) is 15.1. The summed E-state index contributed by atoms with van der Waals surface area (Å²) in [4.78, 5) is 6.32. The summed E-state index contributed by atoms with van der Waals surface area (Å²) in [5, 5.41) is 0. The average molecular weight is 295 g/mol. The van der Waals surface area contributed by atoms with Crippen LogP contribution in [-0.4, -0.2) is 36.7 Å². The molecule has 3 atom stereocenters. The van der Waals surface area contributed by atoms with E-state index < -0.39 is 11.6 Å². The SMILES string of the molecule is CC(C)N(C[C@H]1CC2OC2C(N)=N1)c1ccc(F)cc1F. The molecule has 21 heavy (non-hydrogen) atoms. The van der Waals surface area contributed by atoms with E-state index in [-0.39, 0.29) is 24.3 Å². The first-order valence-electron chi connectivity index (χ1n) is 7.16. The van der Waals surface area contributed by atoms with Crippen molar-refractivity contribution in [3.63, 3.8) is 0 Å². The van der Waals surface area contributed by atoms with E-state index in [4.69, 9.17) is 10.5 Å². The van der Waals surface area contributed by atoms with Crippen molar-refractivity contribution >= 4 is 11.5 Å². The monoisotopic (exact) mass is 295 g/mol. The van der Waals surface area contributed by atoms with Crippen LogP contribution >= 0.6 is 0 Å². The van der Waals surface area contributed by atoms with Crippen LogP contribution in [0.2, 0.25) is 0 Å². The van der Waals surface area contributed by atoms with Crippen LogP contribution in [-0.2, 0) is 4.74 Å². The van der Waals surface area contributed by atoms with Crippen molar-refractivity contribution in [3.05, 3.63) is 29.8 Å². The number of aliphatic imine (C=N–C) groups is 1. The highest BCUT2D eigenvalue weighted by Crippen LogP contribution is 2.33. The van der Waals surface area contributed by atoms with E-state index in [1.807, 2.05) is 18.7 Å². The van der Waals surface area contributed by atoms with Gasteiger partial charge in [0, 0.05) is 25.1 Å². The van der Waals surface area contributed by atoms with E-state index in [1.54, 1.807) is 0 Å². The first-order chi connectivity index (χ1) is 9.95. The summed E-state index contributed by atoms with van der Waals surface area (Å²) < 4.78 is 32.5. The van der Waals surface area contributed by atoms with Crippen LogP contribution in [0, 0.1) is 11.6 Å². The molecular formula is C15H19F2N3O. The number of hydrogen-bond acceptors (Lipinski definition) is 4. The molecule has 1 aromatic carbocycles. The molecule has 0 saturated carbocycles. The van der Waals surface area contributed by atoms with Crippen LogP contribution in [0.1, 0.15) is 20.3 Å². The minimum absolute atomic E-state index is 0.0173. The van der Waals surface area contributed by atoms with Gasteiger partial charge in [0.25, 0.3) is 0 Å². The van der Waals surface area contributed by atoms with Gasteiger partial charge in [-0.25, -0.2) is 8.78 Å². The zero-order valence-electron chi connectivity index (χ0n) is 12.1. The third-order valence-corrected chi connectivity index (χ3v) is 3.96. The molecular weight excluding hydrogens is 276 g/mol. The smallest absolute Gasteiger partial charge is 0.149 e. The van der Waals surface area contributed by atoms with E-state index in [0.717, 1.165) is 12.5 Å². The van der Waals surface area contributed by atoms with Gasteiger partial charge < -0.3 is 15.4 Å². The first-order valence-corrected chi connectivity index (χ1v) is 7.16. The molecule has 2 aliphatic rings. The van der Waals surface area contributed by atoms with Gasteiger partial charge >= 0.3 is 0 Å². The van der Waals surface area contributed by atoms with Crippen molar-refractivity contribution in [1.29, 1.82) is 0 Å². The molecule has 2 N–H and O–H groups in total. The number of nitrogens with two attached hydrogens (primary N) is 1. The van der Waals surface area contributed by atoms with Gasteiger partial charge in [0.1, 0.15) is 23.6 Å². The Labute approximate surface area is 122 Å². The van der Waals surface area contributed by atoms with Crippen molar-refractivity contribution in [2.75, 3.05) is 11.4 Å². The average Bonchev–Trinajstić information content (AvgIpc) is 3.16. The Hall–Kier alpha value is -1.69. The Bertz CT molecular complexity index is 576. The second-order valence-corrected chi connectivity index (χ2v) is 5.88. The molecule has 3 rings (SSSR count). The van der Waals surface area contributed by atoms with Gasteiger partial charge in [0.05, 0.1) is 17.8 Å². The molecule has 0 radical (unpaired) electrons. The summed E-state index contributed by atoms with van der Waals surface area (Å²) in [6, 6.07) is 3.69. The normalized spacial score (nSPS) is 27.3. The highest BCUT2D eigenvalue weighted by molar-refractivity contribution is 5.88. The third-order valence-electron chi connectivity index (χ3n) is 3.96. The maximum atomic E-state index is 14.0. The number of amidine groups is 1. The highest BCUT2D eigenvalue weighted by Gasteiger charge is 2.46. The fourth-order valence-electron chi connectivity index (χ4n) is 2.83. The fraction of sp³-hybridized carbons (Fsp3) is 0.533.